The molecular weight excluding hydrogens is 204 g/mol. The maximum atomic E-state index is 12.0. The molecular formula is C12H16N2O2. The molecule has 0 atom stereocenters. The molecule has 16 heavy (non-hydrogen) atoms. The van der Waals surface area contributed by atoms with E-state index < -0.39 is 0 Å². The van der Waals surface area contributed by atoms with Crippen molar-refractivity contribution in [1.29, 1.82) is 0 Å². The number of nitrogens with zero attached hydrogens (tertiary/aromatic N) is 1. The van der Waals surface area contributed by atoms with Crippen molar-refractivity contribution in [2.45, 2.75) is 25.3 Å². The summed E-state index contributed by atoms with van der Waals surface area (Å²) in [6.45, 7) is 3.24. The summed E-state index contributed by atoms with van der Waals surface area (Å²) >= 11 is 0. The number of likely N-dealkylation sites (tertiary alicyclic amines) is 1. The Morgan fingerprint density at radius 2 is 2.25 bits per heavy atom. The fourth-order valence-corrected chi connectivity index (χ4v) is 2.46. The Balaban J connectivity index is 1.68. The normalized spacial score (nSPS) is 23.0. The van der Waals surface area contributed by atoms with Crippen molar-refractivity contribution >= 4 is 5.91 Å². The van der Waals surface area contributed by atoms with Gasteiger partial charge in [-0.25, -0.2) is 0 Å². The number of carbonyl (C=O) groups is 1. The first-order valence-corrected chi connectivity index (χ1v) is 5.72. The molecule has 0 unspecified atom stereocenters. The maximum absolute atomic E-state index is 12.0. The molecule has 86 valence electrons. The van der Waals surface area contributed by atoms with Gasteiger partial charge in [0.25, 0.3) is 5.91 Å². The average molecular weight is 220 g/mol. The monoisotopic (exact) mass is 220 g/mol. The molecule has 1 aliphatic carbocycles. The Morgan fingerprint density at radius 3 is 2.75 bits per heavy atom. The lowest BCUT2D eigenvalue weighted by Crippen LogP contribution is -2.69. The molecule has 3 rings (SSSR count). The standard InChI is InChI=1S/C12H16N2O2/c1-8-4-5-16-10(8)11(15)14-6-12(13,7-14)9-2-3-9/h4-5,9H,2-3,6-7,13H2,1H3. The molecule has 0 bridgehead atoms. The number of rotatable bonds is 2. The molecule has 0 radical (unpaired) electrons. The predicted octanol–water partition coefficient (Wildman–Crippen LogP) is 1.15. The van der Waals surface area contributed by atoms with Crippen LogP contribution in [0.5, 0.6) is 0 Å². The van der Waals surface area contributed by atoms with Gasteiger partial charge in [-0.05, 0) is 31.7 Å². The zero-order chi connectivity index (χ0) is 11.3. The molecule has 2 aliphatic rings. The molecule has 0 aromatic carbocycles. The Morgan fingerprint density at radius 1 is 1.56 bits per heavy atom. The number of hydrogen-bond donors (Lipinski definition) is 1. The lowest BCUT2D eigenvalue weighted by atomic mass is 9.85. The van der Waals surface area contributed by atoms with E-state index in [9.17, 15) is 4.79 Å². The van der Waals surface area contributed by atoms with Crippen LogP contribution in [0.25, 0.3) is 0 Å². The van der Waals surface area contributed by atoms with E-state index in [1.165, 1.54) is 12.8 Å². The van der Waals surface area contributed by atoms with Crippen LogP contribution in [0.2, 0.25) is 0 Å². The van der Waals surface area contributed by atoms with Crippen molar-refractivity contribution in [3.63, 3.8) is 0 Å². The zero-order valence-electron chi connectivity index (χ0n) is 9.40. The number of furan rings is 1. The first-order chi connectivity index (χ1) is 7.60. The first kappa shape index (κ1) is 9.90. The Hall–Kier alpha value is -1.29. The van der Waals surface area contributed by atoms with E-state index in [0.29, 0.717) is 24.8 Å². The van der Waals surface area contributed by atoms with E-state index in [0.717, 1.165) is 5.56 Å². The molecule has 1 saturated heterocycles. The van der Waals surface area contributed by atoms with Crippen molar-refractivity contribution < 1.29 is 9.21 Å². The Kier molecular flexibility index (Phi) is 1.92. The summed E-state index contributed by atoms with van der Waals surface area (Å²) in [6.07, 6.45) is 4.00. The highest BCUT2D eigenvalue weighted by Crippen LogP contribution is 2.43. The number of amides is 1. The second-order valence-corrected chi connectivity index (χ2v) is 5.10. The van der Waals surface area contributed by atoms with E-state index in [4.69, 9.17) is 10.2 Å². The molecule has 2 fully saturated rings. The highest BCUT2D eigenvalue weighted by molar-refractivity contribution is 5.93. The van der Waals surface area contributed by atoms with Crippen LogP contribution in [0.1, 0.15) is 29.0 Å². The summed E-state index contributed by atoms with van der Waals surface area (Å²) < 4.78 is 5.20. The average Bonchev–Trinajstić information content (AvgIpc) is 2.97. The molecule has 0 spiro atoms. The van der Waals surface area contributed by atoms with Crippen LogP contribution in [0.15, 0.2) is 16.7 Å². The van der Waals surface area contributed by atoms with Gasteiger partial charge in [-0.15, -0.1) is 0 Å². The molecule has 2 N–H and O–H groups in total. The lowest BCUT2D eigenvalue weighted by Gasteiger charge is -2.47. The number of nitrogens with two attached hydrogens (primary N) is 1. The third kappa shape index (κ3) is 1.37. The van der Waals surface area contributed by atoms with E-state index in [-0.39, 0.29) is 11.4 Å². The summed E-state index contributed by atoms with van der Waals surface area (Å²) in [5, 5.41) is 0. The number of carbonyl (C=O) groups excluding carboxylic acids is 1. The smallest absolute Gasteiger partial charge is 0.289 e. The van der Waals surface area contributed by atoms with Gasteiger partial charge in [-0.3, -0.25) is 4.79 Å². The van der Waals surface area contributed by atoms with Gasteiger partial charge in [0.1, 0.15) is 0 Å². The Labute approximate surface area is 94.4 Å². The molecule has 2 heterocycles. The highest BCUT2D eigenvalue weighted by Gasteiger charge is 2.52. The van der Waals surface area contributed by atoms with Crippen LogP contribution in [0, 0.1) is 12.8 Å². The quantitative estimate of drug-likeness (QED) is 0.813. The summed E-state index contributed by atoms with van der Waals surface area (Å²) in [5.41, 5.74) is 6.98. The van der Waals surface area contributed by atoms with Crippen molar-refractivity contribution in [2.75, 3.05) is 13.1 Å². The maximum Gasteiger partial charge on any atom is 0.289 e. The van der Waals surface area contributed by atoms with Crippen LogP contribution < -0.4 is 5.73 Å². The second kappa shape index (κ2) is 3.10. The van der Waals surface area contributed by atoms with Crippen molar-refractivity contribution in [3.8, 4) is 0 Å². The second-order valence-electron chi connectivity index (χ2n) is 5.10. The lowest BCUT2D eigenvalue weighted by molar-refractivity contribution is 0.0321. The SMILES string of the molecule is Cc1ccoc1C(=O)N1CC(N)(C2CC2)C1. The largest absolute Gasteiger partial charge is 0.459 e. The molecule has 1 amide bonds. The van der Waals surface area contributed by atoms with Crippen LogP contribution in [-0.2, 0) is 0 Å². The van der Waals surface area contributed by atoms with Gasteiger partial charge >= 0.3 is 0 Å². The highest BCUT2D eigenvalue weighted by atomic mass is 16.3. The minimum atomic E-state index is -0.115. The molecule has 1 saturated carbocycles. The van der Waals surface area contributed by atoms with Gasteiger partial charge in [0.2, 0.25) is 0 Å². The molecule has 1 aromatic heterocycles. The van der Waals surface area contributed by atoms with Crippen molar-refractivity contribution in [2.24, 2.45) is 11.7 Å². The van der Waals surface area contributed by atoms with Gasteiger partial charge in [0.05, 0.1) is 11.8 Å². The summed E-state index contributed by atoms with van der Waals surface area (Å²) in [4.78, 5) is 13.8. The van der Waals surface area contributed by atoms with Crippen LogP contribution >= 0.6 is 0 Å². The third-order valence-electron chi connectivity index (χ3n) is 3.70. The summed E-state index contributed by atoms with van der Waals surface area (Å²) in [7, 11) is 0. The number of aryl methyl sites for hydroxylation is 1. The minimum absolute atomic E-state index is 0.0239. The third-order valence-corrected chi connectivity index (χ3v) is 3.70. The van der Waals surface area contributed by atoms with E-state index in [2.05, 4.69) is 0 Å². The summed E-state index contributed by atoms with van der Waals surface area (Å²) in [5.74, 6) is 1.07. The Bertz CT molecular complexity index is 428. The van der Waals surface area contributed by atoms with Crippen molar-refractivity contribution in [3.05, 3.63) is 23.7 Å². The van der Waals surface area contributed by atoms with E-state index in [1.54, 1.807) is 11.2 Å². The fraction of sp³-hybridized carbons (Fsp3) is 0.583. The van der Waals surface area contributed by atoms with Crippen LogP contribution in [-0.4, -0.2) is 29.4 Å². The molecule has 4 nitrogen and oxygen atoms in total. The molecule has 1 aromatic rings. The fourth-order valence-electron chi connectivity index (χ4n) is 2.46. The number of hydrogen-bond acceptors (Lipinski definition) is 3. The molecule has 4 heteroatoms. The van der Waals surface area contributed by atoms with Gasteiger partial charge in [-0.1, -0.05) is 0 Å². The van der Waals surface area contributed by atoms with Crippen LogP contribution in [0.4, 0.5) is 0 Å². The van der Waals surface area contributed by atoms with Crippen LogP contribution in [0.3, 0.4) is 0 Å². The van der Waals surface area contributed by atoms with E-state index in [1.807, 2.05) is 13.0 Å². The minimum Gasteiger partial charge on any atom is -0.459 e. The topological polar surface area (TPSA) is 59.5 Å². The van der Waals surface area contributed by atoms with Gasteiger partial charge in [-0.2, -0.15) is 0 Å². The van der Waals surface area contributed by atoms with E-state index >= 15 is 0 Å². The predicted molar refractivity (Wildman–Crippen MR) is 59.0 cm³/mol. The zero-order valence-corrected chi connectivity index (χ0v) is 9.40. The van der Waals surface area contributed by atoms with Gasteiger partial charge < -0.3 is 15.1 Å². The summed E-state index contributed by atoms with van der Waals surface area (Å²) in [6, 6.07) is 1.81. The molecule has 1 aliphatic heterocycles. The first-order valence-electron chi connectivity index (χ1n) is 5.72. The van der Waals surface area contributed by atoms with Gasteiger partial charge in [0, 0.05) is 18.7 Å². The van der Waals surface area contributed by atoms with Crippen molar-refractivity contribution in [1.82, 2.24) is 4.90 Å². The van der Waals surface area contributed by atoms with Gasteiger partial charge in [0.15, 0.2) is 5.76 Å².